The predicted octanol–water partition coefficient (Wildman–Crippen LogP) is 4.64. The number of aryl methyl sites for hydroxylation is 1. The van der Waals surface area contributed by atoms with Crippen LogP contribution in [0.2, 0.25) is 5.02 Å². The van der Waals surface area contributed by atoms with Gasteiger partial charge in [0, 0.05) is 5.92 Å². The van der Waals surface area contributed by atoms with Crippen LogP contribution in [0, 0.1) is 13.8 Å². The van der Waals surface area contributed by atoms with Gasteiger partial charge in [-0.15, -0.1) is 0 Å². The summed E-state index contributed by atoms with van der Waals surface area (Å²) in [6, 6.07) is 7.05. The monoisotopic (exact) mass is 491 g/mol. The third kappa shape index (κ3) is 4.68. The van der Waals surface area contributed by atoms with Gasteiger partial charge in [0.05, 0.1) is 47.0 Å². The number of rotatable bonds is 8. The van der Waals surface area contributed by atoms with Crippen molar-refractivity contribution in [3.8, 4) is 0 Å². The van der Waals surface area contributed by atoms with Crippen molar-refractivity contribution in [2.75, 3.05) is 12.4 Å². The summed E-state index contributed by atoms with van der Waals surface area (Å²) in [4.78, 5) is 24.9. The second-order valence-corrected chi connectivity index (χ2v) is 8.60. The first kappa shape index (κ1) is 23.9. The van der Waals surface area contributed by atoms with E-state index in [1.807, 2.05) is 12.1 Å². The van der Waals surface area contributed by atoms with Crippen LogP contribution in [0.4, 0.5) is 14.5 Å². The molecule has 180 valence electrons. The molecule has 11 heteroatoms. The highest BCUT2D eigenvalue weighted by molar-refractivity contribution is 6.32. The number of nitrogens with zero attached hydrogens (tertiary/aromatic N) is 4. The number of benzene rings is 1. The fraction of sp³-hybridized carbons (Fsp3) is 0.391. The number of carbonyl (C=O) groups is 2. The lowest BCUT2D eigenvalue weighted by Crippen LogP contribution is -2.21. The zero-order chi connectivity index (χ0) is 24.6. The Bertz CT molecular complexity index is 1250. The fourth-order valence-corrected chi connectivity index (χ4v) is 4.33. The molecule has 1 fully saturated rings. The molecule has 0 unspecified atom stereocenters. The molecule has 4 rings (SSSR count). The Hall–Kier alpha value is -3.27. The van der Waals surface area contributed by atoms with Crippen LogP contribution in [0.1, 0.15) is 63.9 Å². The highest BCUT2D eigenvalue weighted by atomic mass is 35.5. The first-order chi connectivity index (χ1) is 16.2. The van der Waals surface area contributed by atoms with Gasteiger partial charge in [-0.05, 0) is 38.3 Å². The SMILES string of the molecule is COC(=O)c1ccccc1Cn1nc(C)c(NC(=O)Cn2nc(C(F)F)c(Cl)c2C2CC2)c1C. The third-order valence-electron chi connectivity index (χ3n) is 5.81. The van der Waals surface area contributed by atoms with E-state index in [0.717, 1.165) is 18.4 Å². The molecule has 1 aromatic carbocycles. The molecule has 1 aliphatic rings. The number of hydrogen-bond acceptors (Lipinski definition) is 5. The smallest absolute Gasteiger partial charge is 0.338 e. The quantitative estimate of drug-likeness (QED) is 0.463. The summed E-state index contributed by atoms with van der Waals surface area (Å²) in [5.41, 5.74) is 2.91. The normalized spacial score (nSPS) is 13.4. The standard InChI is InChI=1S/C23H24ClF2N5O3/c1-12-19(13(2)30(28-12)10-15-6-4-5-7-16(15)23(33)34-3)27-17(32)11-31-21(14-8-9-14)18(24)20(29-31)22(25)26/h4-7,14,22H,8-11H2,1-3H3,(H,27,32). The van der Waals surface area contributed by atoms with E-state index >= 15 is 0 Å². The molecule has 0 radical (unpaired) electrons. The molecule has 2 heterocycles. The number of anilines is 1. The Morgan fingerprint density at radius 3 is 2.56 bits per heavy atom. The van der Waals surface area contributed by atoms with Gasteiger partial charge in [-0.1, -0.05) is 29.8 Å². The van der Waals surface area contributed by atoms with Gasteiger partial charge in [-0.2, -0.15) is 10.2 Å². The molecule has 0 spiro atoms. The van der Waals surface area contributed by atoms with Crippen LogP contribution in [-0.4, -0.2) is 38.5 Å². The van der Waals surface area contributed by atoms with E-state index in [1.165, 1.54) is 11.8 Å². The summed E-state index contributed by atoms with van der Waals surface area (Å²) in [5, 5.41) is 11.2. The van der Waals surface area contributed by atoms with Crippen molar-refractivity contribution in [2.24, 2.45) is 0 Å². The molecule has 8 nitrogen and oxygen atoms in total. The van der Waals surface area contributed by atoms with Crippen LogP contribution in [-0.2, 0) is 22.6 Å². The minimum Gasteiger partial charge on any atom is -0.465 e. The van der Waals surface area contributed by atoms with E-state index in [9.17, 15) is 18.4 Å². The number of amides is 1. The van der Waals surface area contributed by atoms with E-state index in [4.69, 9.17) is 16.3 Å². The van der Waals surface area contributed by atoms with Gasteiger partial charge in [0.25, 0.3) is 6.43 Å². The molecule has 1 saturated carbocycles. The molecule has 1 amide bonds. The topological polar surface area (TPSA) is 91.0 Å². The van der Waals surface area contributed by atoms with Gasteiger partial charge in [0.1, 0.15) is 12.2 Å². The molecule has 34 heavy (non-hydrogen) atoms. The third-order valence-corrected chi connectivity index (χ3v) is 6.20. The number of nitrogens with one attached hydrogen (secondary N) is 1. The lowest BCUT2D eigenvalue weighted by atomic mass is 10.1. The zero-order valence-electron chi connectivity index (χ0n) is 18.9. The maximum Gasteiger partial charge on any atom is 0.338 e. The summed E-state index contributed by atoms with van der Waals surface area (Å²) in [5.74, 6) is -0.831. The van der Waals surface area contributed by atoms with Gasteiger partial charge in [0.15, 0.2) is 0 Å². The van der Waals surface area contributed by atoms with Crippen LogP contribution < -0.4 is 5.32 Å². The molecule has 0 bridgehead atoms. The Morgan fingerprint density at radius 1 is 1.21 bits per heavy atom. The maximum atomic E-state index is 13.3. The van der Waals surface area contributed by atoms with Gasteiger partial charge in [-0.25, -0.2) is 13.6 Å². The number of carbonyl (C=O) groups excluding carboxylic acids is 2. The Balaban J connectivity index is 1.54. The molecule has 1 aliphatic carbocycles. The highest BCUT2D eigenvalue weighted by Crippen LogP contribution is 2.45. The van der Waals surface area contributed by atoms with Gasteiger partial charge < -0.3 is 10.1 Å². The second kappa shape index (κ2) is 9.54. The first-order valence-corrected chi connectivity index (χ1v) is 11.1. The van der Waals surface area contributed by atoms with Gasteiger partial charge in [0.2, 0.25) is 5.91 Å². The van der Waals surface area contributed by atoms with Crippen molar-refractivity contribution in [3.63, 3.8) is 0 Å². The Morgan fingerprint density at radius 2 is 1.91 bits per heavy atom. The van der Waals surface area contributed by atoms with E-state index in [2.05, 4.69) is 15.5 Å². The van der Waals surface area contributed by atoms with Crippen molar-refractivity contribution in [1.29, 1.82) is 0 Å². The van der Waals surface area contributed by atoms with Crippen LogP contribution >= 0.6 is 11.6 Å². The molecule has 0 aliphatic heterocycles. The molecular formula is C23H24ClF2N5O3. The predicted molar refractivity (Wildman–Crippen MR) is 121 cm³/mol. The fourth-order valence-electron chi connectivity index (χ4n) is 3.95. The summed E-state index contributed by atoms with van der Waals surface area (Å²) in [7, 11) is 1.32. The van der Waals surface area contributed by atoms with Crippen molar-refractivity contribution in [1.82, 2.24) is 19.6 Å². The molecule has 1 N–H and O–H groups in total. The number of alkyl halides is 2. The van der Waals surface area contributed by atoms with Crippen molar-refractivity contribution >= 4 is 29.2 Å². The Kier molecular flexibility index (Phi) is 6.70. The lowest BCUT2D eigenvalue weighted by Gasteiger charge is -2.11. The molecule has 3 aromatic rings. The molecular weight excluding hydrogens is 468 g/mol. The minimum absolute atomic E-state index is 0.0430. The summed E-state index contributed by atoms with van der Waals surface area (Å²) in [6.45, 7) is 3.60. The van der Waals surface area contributed by atoms with Crippen LogP contribution in [0.25, 0.3) is 0 Å². The lowest BCUT2D eigenvalue weighted by molar-refractivity contribution is -0.117. The summed E-state index contributed by atoms with van der Waals surface area (Å²) in [6.07, 6.45) is -1.16. The van der Waals surface area contributed by atoms with E-state index < -0.39 is 24.0 Å². The number of esters is 1. The summed E-state index contributed by atoms with van der Waals surface area (Å²) >= 11 is 6.14. The van der Waals surface area contributed by atoms with E-state index in [0.29, 0.717) is 34.9 Å². The van der Waals surface area contributed by atoms with Crippen LogP contribution in [0.3, 0.4) is 0 Å². The van der Waals surface area contributed by atoms with Crippen LogP contribution in [0.5, 0.6) is 0 Å². The molecule has 2 aromatic heterocycles. The Labute approximate surface area is 199 Å². The van der Waals surface area contributed by atoms with Gasteiger partial charge in [-0.3, -0.25) is 14.2 Å². The zero-order valence-corrected chi connectivity index (χ0v) is 19.7. The number of methoxy groups -OCH3 is 1. The van der Waals surface area contributed by atoms with Crippen LogP contribution in [0.15, 0.2) is 24.3 Å². The first-order valence-electron chi connectivity index (χ1n) is 10.8. The molecule has 0 saturated heterocycles. The van der Waals surface area contributed by atoms with Crippen molar-refractivity contribution in [3.05, 3.63) is 63.2 Å². The maximum absolute atomic E-state index is 13.3. The average molecular weight is 492 g/mol. The molecule has 0 atom stereocenters. The minimum atomic E-state index is -2.81. The number of ether oxygens (including phenoxy) is 1. The number of aromatic nitrogens is 4. The van der Waals surface area contributed by atoms with Crippen molar-refractivity contribution < 1.29 is 23.1 Å². The second-order valence-electron chi connectivity index (χ2n) is 8.22. The highest BCUT2D eigenvalue weighted by Gasteiger charge is 2.34. The summed E-state index contributed by atoms with van der Waals surface area (Å²) < 4.78 is 34.4. The number of halogens is 3. The largest absolute Gasteiger partial charge is 0.465 e. The van der Waals surface area contributed by atoms with Gasteiger partial charge >= 0.3 is 5.97 Å². The van der Waals surface area contributed by atoms with Crippen molar-refractivity contribution in [2.45, 2.75) is 52.1 Å². The van der Waals surface area contributed by atoms with E-state index in [1.54, 1.807) is 30.7 Å². The number of hydrogen-bond donors (Lipinski definition) is 1. The average Bonchev–Trinajstić information content (AvgIpc) is 3.54. The van der Waals surface area contributed by atoms with E-state index in [-0.39, 0.29) is 17.5 Å².